The molecule has 0 aromatic carbocycles. The molecule has 19 heavy (non-hydrogen) atoms. The summed E-state index contributed by atoms with van der Waals surface area (Å²) < 4.78 is 0. The Morgan fingerprint density at radius 1 is 1.58 bits per heavy atom. The number of aromatic nitrogens is 2. The van der Waals surface area contributed by atoms with E-state index in [0.717, 1.165) is 17.8 Å². The molecular weight excluding hydrogens is 240 g/mol. The number of rotatable bonds is 6. The first-order valence-electron chi connectivity index (χ1n) is 7.25. The summed E-state index contributed by atoms with van der Waals surface area (Å²) >= 11 is 0. The molecule has 0 aliphatic carbocycles. The van der Waals surface area contributed by atoms with Gasteiger partial charge in [-0.25, -0.2) is 4.98 Å². The molecule has 3 N–H and O–H groups in total. The van der Waals surface area contributed by atoms with Gasteiger partial charge in [-0.15, -0.1) is 0 Å². The summed E-state index contributed by atoms with van der Waals surface area (Å²) in [5.41, 5.74) is 2.11. The van der Waals surface area contributed by atoms with E-state index in [2.05, 4.69) is 34.4 Å². The van der Waals surface area contributed by atoms with Crippen molar-refractivity contribution in [2.24, 2.45) is 0 Å². The second kappa shape index (κ2) is 6.70. The van der Waals surface area contributed by atoms with E-state index >= 15 is 0 Å². The fourth-order valence-corrected chi connectivity index (χ4v) is 2.47. The molecule has 1 aliphatic rings. The molecule has 0 bridgehead atoms. The second-order valence-corrected chi connectivity index (χ2v) is 5.37. The van der Waals surface area contributed by atoms with Gasteiger partial charge in [-0.1, -0.05) is 26.2 Å². The minimum Gasteiger partial charge on any atom is -0.352 e. The van der Waals surface area contributed by atoms with Crippen molar-refractivity contribution in [3.63, 3.8) is 0 Å². The fourth-order valence-electron chi connectivity index (χ4n) is 2.47. The average molecular weight is 264 g/mol. The summed E-state index contributed by atoms with van der Waals surface area (Å²) in [5, 5.41) is 6.34. The van der Waals surface area contributed by atoms with Crippen LogP contribution in [0.3, 0.4) is 0 Å². The first kappa shape index (κ1) is 14.1. The zero-order chi connectivity index (χ0) is 13.7. The number of H-pyrrole nitrogens is 1. The van der Waals surface area contributed by atoms with Gasteiger partial charge in [0.15, 0.2) is 0 Å². The third kappa shape index (κ3) is 3.80. The maximum absolute atomic E-state index is 12.2. The summed E-state index contributed by atoms with van der Waals surface area (Å²) in [5.74, 6) is 0.0950. The third-order valence-electron chi connectivity index (χ3n) is 3.68. The number of aromatic amines is 1. The Morgan fingerprint density at radius 2 is 2.42 bits per heavy atom. The highest BCUT2D eigenvalue weighted by molar-refractivity contribution is 5.82. The lowest BCUT2D eigenvalue weighted by Crippen LogP contribution is -2.49. The molecule has 0 saturated heterocycles. The molecule has 1 amide bonds. The van der Waals surface area contributed by atoms with Crippen molar-refractivity contribution in [2.45, 2.75) is 64.6 Å². The van der Waals surface area contributed by atoms with Crippen LogP contribution in [0.4, 0.5) is 0 Å². The molecule has 2 rings (SSSR count). The van der Waals surface area contributed by atoms with E-state index in [4.69, 9.17) is 0 Å². The first-order valence-corrected chi connectivity index (χ1v) is 7.25. The van der Waals surface area contributed by atoms with Gasteiger partial charge in [-0.2, -0.15) is 0 Å². The Bertz CT molecular complexity index is 415. The lowest BCUT2D eigenvalue weighted by molar-refractivity contribution is -0.124. The van der Waals surface area contributed by atoms with Crippen molar-refractivity contribution in [3.05, 3.63) is 17.7 Å². The van der Waals surface area contributed by atoms with E-state index in [1.165, 1.54) is 19.3 Å². The SMILES string of the molecule is CCCCCC(C)NC(=O)C1Cc2nc[nH]c2CN1. The van der Waals surface area contributed by atoms with E-state index < -0.39 is 0 Å². The van der Waals surface area contributed by atoms with Gasteiger partial charge in [0.1, 0.15) is 0 Å². The van der Waals surface area contributed by atoms with Crippen LogP contribution >= 0.6 is 0 Å². The first-order chi connectivity index (χ1) is 9.20. The monoisotopic (exact) mass is 264 g/mol. The van der Waals surface area contributed by atoms with Gasteiger partial charge in [0.25, 0.3) is 0 Å². The van der Waals surface area contributed by atoms with Gasteiger partial charge in [0.2, 0.25) is 5.91 Å². The maximum atomic E-state index is 12.2. The Morgan fingerprint density at radius 3 is 3.21 bits per heavy atom. The van der Waals surface area contributed by atoms with Crippen molar-refractivity contribution >= 4 is 5.91 Å². The van der Waals surface area contributed by atoms with Gasteiger partial charge >= 0.3 is 0 Å². The largest absolute Gasteiger partial charge is 0.352 e. The maximum Gasteiger partial charge on any atom is 0.237 e. The highest BCUT2D eigenvalue weighted by Gasteiger charge is 2.26. The van der Waals surface area contributed by atoms with Crippen LogP contribution in [0, 0.1) is 0 Å². The number of nitrogens with zero attached hydrogens (tertiary/aromatic N) is 1. The summed E-state index contributed by atoms with van der Waals surface area (Å²) in [4.78, 5) is 19.5. The molecule has 2 atom stereocenters. The Hall–Kier alpha value is -1.36. The van der Waals surface area contributed by atoms with Gasteiger partial charge in [0.05, 0.1) is 23.8 Å². The summed E-state index contributed by atoms with van der Waals surface area (Å²) in [7, 11) is 0. The van der Waals surface area contributed by atoms with Gasteiger partial charge in [-0.05, 0) is 13.3 Å². The number of hydrogen-bond donors (Lipinski definition) is 3. The van der Waals surface area contributed by atoms with Crippen molar-refractivity contribution in [1.82, 2.24) is 20.6 Å². The normalized spacial score (nSPS) is 19.8. The minimum atomic E-state index is -0.149. The Labute approximate surface area is 114 Å². The number of unbranched alkanes of at least 4 members (excludes halogenated alkanes) is 2. The van der Waals surface area contributed by atoms with Crippen molar-refractivity contribution in [1.29, 1.82) is 0 Å². The van der Waals surface area contributed by atoms with Crippen LogP contribution in [0.2, 0.25) is 0 Å². The van der Waals surface area contributed by atoms with Crippen LogP contribution in [-0.2, 0) is 17.8 Å². The highest BCUT2D eigenvalue weighted by atomic mass is 16.2. The molecule has 0 fully saturated rings. The molecule has 0 radical (unpaired) electrons. The lowest BCUT2D eigenvalue weighted by atomic mass is 10.0. The average Bonchev–Trinajstić information content (AvgIpc) is 2.86. The van der Waals surface area contributed by atoms with Gasteiger partial charge < -0.3 is 10.3 Å². The van der Waals surface area contributed by atoms with Crippen molar-refractivity contribution < 1.29 is 4.79 Å². The molecule has 1 aromatic heterocycles. The number of amides is 1. The van der Waals surface area contributed by atoms with Crippen LogP contribution in [-0.4, -0.2) is 28.0 Å². The lowest BCUT2D eigenvalue weighted by Gasteiger charge is -2.24. The van der Waals surface area contributed by atoms with Crippen LogP contribution in [0.5, 0.6) is 0 Å². The molecule has 2 unspecified atom stereocenters. The molecule has 0 spiro atoms. The fraction of sp³-hybridized carbons (Fsp3) is 0.714. The molecule has 5 heteroatoms. The zero-order valence-corrected chi connectivity index (χ0v) is 11.8. The predicted octanol–water partition coefficient (Wildman–Crippen LogP) is 1.51. The van der Waals surface area contributed by atoms with E-state index in [9.17, 15) is 4.79 Å². The number of carbonyl (C=O) groups excluding carboxylic acids is 1. The molecule has 106 valence electrons. The third-order valence-corrected chi connectivity index (χ3v) is 3.68. The molecular formula is C14H24N4O. The number of carbonyl (C=O) groups is 1. The molecule has 0 saturated carbocycles. The van der Waals surface area contributed by atoms with Crippen LogP contribution in [0.25, 0.3) is 0 Å². The summed E-state index contributed by atoms with van der Waals surface area (Å²) in [6, 6.07) is 0.103. The van der Waals surface area contributed by atoms with E-state index in [0.29, 0.717) is 13.0 Å². The van der Waals surface area contributed by atoms with E-state index in [1.54, 1.807) is 6.33 Å². The Kier molecular flexibility index (Phi) is 4.96. The zero-order valence-electron chi connectivity index (χ0n) is 11.8. The van der Waals surface area contributed by atoms with Crippen LogP contribution in [0.1, 0.15) is 50.9 Å². The van der Waals surface area contributed by atoms with Gasteiger partial charge in [0, 0.05) is 19.0 Å². The molecule has 1 aromatic rings. The van der Waals surface area contributed by atoms with E-state index in [-0.39, 0.29) is 18.0 Å². The highest BCUT2D eigenvalue weighted by Crippen LogP contribution is 2.12. The standard InChI is InChI=1S/C14H24N4O/c1-3-4-5-6-10(2)18-14(19)12-7-11-13(8-15-12)17-9-16-11/h9-10,12,15H,3-8H2,1-2H3,(H,16,17)(H,18,19). The molecule has 5 nitrogen and oxygen atoms in total. The summed E-state index contributed by atoms with van der Waals surface area (Å²) in [6.07, 6.45) is 7.05. The number of nitrogens with one attached hydrogen (secondary N) is 3. The van der Waals surface area contributed by atoms with Crippen LogP contribution < -0.4 is 10.6 Å². The second-order valence-electron chi connectivity index (χ2n) is 5.37. The molecule has 2 heterocycles. The quantitative estimate of drug-likeness (QED) is 0.682. The summed E-state index contributed by atoms with van der Waals surface area (Å²) in [6.45, 7) is 4.96. The van der Waals surface area contributed by atoms with E-state index in [1.807, 2.05) is 0 Å². The minimum absolute atomic E-state index is 0.0950. The van der Waals surface area contributed by atoms with Gasteiger partial charge in [-0.3, -0.25) is 10.1 Å². The van der Waals surface area contributed by atoms with Crippen molar-refractivity contribution in [2.75, 3.05) is 0 Å². The number of imidazole rings is 1. The number of hydrogen-bond acceptors (Lipinski definition) is 3. The smallest absolute Gasteiger partial charge is 0.237 e. The number of fused-ring (bicyclic) bond motifs is 1. The predicted molar refractivity (Wildman–Crippen MR) is 74.7 cm³/mol. The Balaban J connectivity index is 1.78. The topological polar surface area (TPSA) is 69.8 Å². The molecule has 1 aliphatic heterocycles. The van der Waals surface area contributed by atoms with Crippen LogP contribution in [0.15, 0.2) is 6.33 Å². The van der Waals surface area contributed by atoms with Crippen molar-refractivity contribution in [3.8, 4) is 0 Å².